The number of aromatic nitrogens is 3. The van der Waals surface area contributed by atoms with Crippen molar-refractivity contribution in [1.29, 1.82) is 0 Å². The van der Waals surface area contributed by atoms with Gasteiger partial charge in [-0.25, -0.2) is 4.98 Å². The average molecular weight is 439 g/mol. The number of nitrogens with zero attached hydrogens (tertiary/aromatic N) is 6. The Morgan fingerprint density at radius 1 is 0.793 bits per heavy atom. The van der Waals surface area contributed by atoms with Gasteiger partial charge in [0.05, 0.1) is 26.4 Å². The van der Waals surface area contributed by atoms with Crippen LogP contribution in [0.3, 0.4) is 0 Å². The molecule has 0 aliphatic carbocycles. The molecule has 0 saturated carbocycles. The van der Waals surface area contributed by atoms with E-state index in [-0.39, 0.29) is 11.4 Å². The minimum Gasteiger partial charge on any atom is -0.379 e. The first-order valence-electron chi connectivity index (χ1n) is 10.5. The number of morpholine rings is 2. The molecule has 2 aromatic rings. The molecule has 8 nitrogen and oxygen atoms in total. The summed E-state index contributed by atoms with van der Waals surface area (Å²) in [6.45, 7) is 8.68. The van der Waals surface area contributed by atoms with E-state index in [4.69, 9.17) is 26.1 Å². The Labute approximate surface area is 179 Å². The Bertz CT molecular complexity index is 815. The number of rotatable bonds is 4. The minimum absolute atomic E-state index is 0.176. The van der Waals surface area contributed by atoms with Gasteiger partial charge in [-0.05, 0) is 24.4 Å². The normalized spacial score (nSPS) is 23.6. The van der Waals surface area contributed by atoms with Crippen molar-refractivity contribution in [2.75, 3.05) is 70.6 Å². The lowest BCUT2D eigenvalue weighted by Crippen LogP contribution is -2.48. The highest BCUT2D eigenvalue weighted by molar-refractivity contribution is 7.19. The van der Waals surface area contributed by atoms with Crippen molar-refractivity contribution in [1.82, 2.24) is 24.8 Å². The maximum Gasteiger partial charge on any atom is 0.226 e. The van der Waals surface area contributed by atoms with E-state index in [2.05, 4.69) is 24.7 Å². The van der Waals surface area contributed by atoms with Gasteiger partial charge in [-0.1, -0.05) is 6.42 Å². The molecule has 0 aromatic carbocycles. The van der Waals surface area contributed by atoms with Crippen LogP contribution in [0.2, 0.25) is 5.28 Å². The molecule has 3 aliphatic heterocycles. The molecule has 0 radical (unpaired) electrons. The van der Waals surface area contributed by atoms with Gasteiger partial charge in [-0.15, -0.1) is 11.3 Å². The van der Waals surface area contributed by atoms with Crippen LogP contribution in [0.15, 0.2) is 0 Å². The monoisotopic (exact) mass is 438 g/mol. The molecule has 158 valence electrons. The van der Waals surface area contributed by atoms with Crippen LogP contribution in [-0.2, 0) is 9.47 Å². The van der Waals surface area contributed by atoms with Gasteiger partial charge in [0.1, 0.15) is 15.9 Å². The summed E-state index contributed by atoms with van der Waals surface area (Å²) in [5, 5.41) is 1.35. The Morgan fingerprint density at radius 3 is 2.17 bits per heavy atom. The lowest BCUT2D eigenvalue weighted by molar-refractivity contribution is -0.0404. The number of fused-ring (bicyclic) bond motifs is 1. The van der Waals surface area contributed by atoms with Gasteiger partial charge in [-0.2, -0.15) is 9.97 Å². The summed E-state index contributed by atoms with van der Waals surface area (Å²) in [6.07, 6.45) is 3.98. The fourth-order valence-corrected chi connectivity index (χ4v) is 5.78. The van der Waals surface area contributed by atoms with E-state index in [9.17, 15) is 0 Å². The molecular formula is C19H27ClN6O2S. The van der Waals surface area contributed by atoms with Crippen LogP contribution >= 0.6 is 22.9 Å². The number of anilines is 1. The number of hydrogen-bond donors (Lipinski definition) is 0. The first-order chi connectivity index (χ1) is 14.3. The lowest BCUT2D eigenvalue weighted by Gasteiger charge is -2.41. The predicted octanol–water partition coefficient (Wildman–Crippen LogP) is 2.39. The molecule has 1 unspecified atom stereocenters. The molecule has 0 N–H and O–H groups in total. The van der Waals surface area contributed by atoms with Crippen molar-refractivity contribution in [3.8, 4) is 0 Å². The van der Waals surface area contributed by atoms with Gasteiger partial charge in [0.2, 0.25) is 5.28 Å². The van der Waals surface area contributed by atoms with E-state index >= 15 is 0 Å². The first-order valence-corrected chi connectivity index (χ1v) is 11.7. The van der Waals surface area contributed by atoms with Crippen molar-refractivity contribution in [2.24, 2.45) is 0 Å². The van der Waals surface area contributed by atoms with Gasteiger partial charge in [0, 0.05) is 39.3 Å². The van der Waals surface area contributed by atoms with E-state index in [1.54, 1.807) is 11.3 Å². The fourth-order valence-electron chi connectivity index (χ4n) is 4.43. The summed E-state index contributed by atoms with van der Waals surface area (Å²) in [5.74, 6) is 0.895. The van der Waals surface area contributed by atoms with Crippen molar-refractivity contribution >= 4 is 39.1 Å². The van der Waals surface area contributed by atoms with Crippen LogP contribution in [0.4, 0.5) is 5.82 Å². The van der Waals surface area contributed by atoms with E-state index in [0.29, 0.717) is 18.9 Å². The molecule has 5 heterocycles. The number of piperidine rings is 1. The SMILES string of the molecule is Clc1nc(N2CCOCC2)c2sc(C(N3CCCCC3)N3CCOCC3)nc2n1. The summed E-state index contributed by atoms with van der Waals surface area (Å²) in [5.41, 5.74) is 0.710. The Hall–Kier alpha value is -1.10. The largest absolute Gasteiger partial charge is 0.379 e. The van der Waals surface area contributed by atoms with Crippen LogP contribution < -0.4 is 4.90 Å². The summed E-state index contributed by atoms with van der Waals surface area (Å²) >= 11 is 8.00. The van der Waals surface area contributed by atoms with Crippen LogP contribution in [0.1, 0.15) is 30.4 Å². The van der Waals surface area contributed by atoms with Crippen LogP contribution in [-0.4, -0.2) is 90.4 Å². The van der Waals surface area contributed by atoms with Crippen LogP contribution in [0, 0.1) is 0 Å². The molecule has 3 aliphatic rings. The molecule has 1 atom stereocenters. The molecule has 0 spiro atoms. The summed E-state index contributed by atoms with van der Waals surface area (Å²) in [7, 11) is 0. The molecule has 29 heavy (non-hydrogen) atoms. The van der Waals surface area contributed by atoms with Gasteiger partial charge in [0.15, 0.2) is 11.5 Å². The Morgan fingerprint density at radius 2 is 1.45 bits per heavy atom. The number of thiazole rings is 1. The number of ether oxygens (including phenoxy) is 2. The zero-order valence-electron chi connectivity index (χ0n) is 16.6. The minimum atomic E-state index is 0.176. The molecule has 3 fully saturated rings. The van der Waals surface area contributed by atoms with E-state index in [1.807, 2.05) is 0 Å². The second kappa shape index (κ2) is 8.95. The fraction of sp³-hybridized carbons (Fsp3) is 0.737. The quantitative estimate of drug-likeness (QED) is 0.674. The second-order valence-corrected chi connectivity index (χ2v) is 9.11. The third-order valence-corrected chi connectivity index (χ3v) is 7.13. The van der Waals surface area contributed by atoms with Gasteiger partial charge < -0.3 is 14.4 Å². The van der Waals surface area contributed by atoms with Crippen molar-refractivity contribution in [2.45, 2.75) is 25.4 Å². The molecule has 5 rings (SSSR count). The Kier molecular flexibility index (Phi) is 6.12. The number of halogens is 1. The zero-order chi connectivity index (χ0) is 19.6. The highest BCUT2D eigenvalue weighted by Crippen LogP contribution is 2.37. The second-order valence-electron chi connectivity index (χ2n) is 7.74. The molecule has 2 aromatic heterocycles. The summed E-state index contributed by atoms with van der Waals surface area (Å²) < 4.78 is 12.2. The summed E-state index contributed by atoms with van der Waals surface area (Å²) in [4.78, 5) is 21.3. The molecular weight excluding hydrogens is 412 g/mol. The number of likely N-dealkylation sites (tertiary alicyclic amines) is 1. The highest BCUT2D eigenvalue weighted by Gasteiger charge is 2.33. The third-order valence-electron chi connectivity index (χ3n) is 5.88. The van der Waals surface area contributed by atoms with Crippen LogP contribution in [0.5, 0.6) is 0 Å². The smallest absolute Gasteiger partial charge is 0.226 e. The standard InChI is InChI=1S/C19H27ClN6O2S/c20-19-22-15-14(16(23-19)24-6-10-27-11-7-24)29-17(21-15)18(25-4-2-1-3-5-25)26-8-12-28-13-9-26/h18H,1-13H2. The topological polar surface area (TPSA) is 66.9 Å². The maximum absolute atomic E-state index is 6.28. The first kappa shape index (κ1) is 19.8. The molecule has 3 saturated heterocycles. The maximum atomic E-state index is 6.28. The predicted molar refractivity (Wildman–Crippen MR) is 114 cm³/mol. The van der Waals surface area contributed by atoms with E-state index in [0.717, 1.165) is 68.0 Å². The molecule has 0 bridgehead atoms. The van der Waals surface area contributed by atoms with E-state index < -0.39 is 0 Å². The van der Waals surface area contributed by atoms with Gasteiger partial charge in [0.25, 0.3) is 0 Å². The molecule has 0 amide bonds. The van der Waals surface area contributed by atoms with E-state index in [1.165, 1.54) is 19.3 Å². The number of hydrogen-bond acceptors (Lipinski definition) is 9. The summed E-state index contributed by atoms with van der Waals surface area (Å²) in [6, 6.07) is 0. The van der Waals surface area contributed by atoms with Gasteiger partial charge >= 0.3 is 0 Å². The Balaban J connectivity index is 1.53. The molecule has 10 heteroatoms. The third kappa shape index (κ3) is 4.22. The van der Waals surface area contributed by atoms with Crippen LogP contribution in [0.25, 0.3) is 10.3 Å². The highest BCUT2D eigenvalue weighted by atomic mass is 35.5. The lowest BCUT2D eigenvalue weighted by atomic mass is 10.1. The van der Waals surface area contributed by atoms with Crippen molar-refractivity contribution < 1.29 is 9.47 Å². The van der Waals surface area contributed by atoms with Crippen molar-refractivity contribution in [3.63, 3.8) is 0 Å². The van der Waals surface area contributed by atoms with Crippen molar-refractivity contribution in [3.05, 3.63) is 10.3 Å². The average Bonchev–Trinajstić information content (AvgIpc) is 3.18. The van der Waals surface area contributed by atoms with Gasteiger partial charge in [-0.3, -0.25) is 9.80 Å². The zero-order valence-corrected chi connectivity index (χ0v) is 18.1.